The molecule has 0 atom stereocenters. The second kappa shape index (κ2) is 8.61. The molecule has 1 aliphatic carbocycles. The zero-order valence-corrected chi connectivity index (χ0v) is 17.0. The molecule has 8 heteroatoms. The third-order valence-electron chi connectivity index (χ3n) is 5.56. The number of imide groups is 2. The van der Waals surface area contributed by atoms with Crippen molar-refractivity contribution < 1.29 is 18.9 Å². The van der Waals surface area contributed by atoms with E-state index in [-0.39, 0.29) is 19.0 Å². The third kappa shape index (κ3) is 4.03. The summed E-state index contributed by atoms with van der Waals surface area (Å²) in [5, 5.41) is 3.93. The molecule has 2 aromatic rings. The number of urea groups is 1. The lowest BCUT2D eigenvalue weighted by atomic mass is 9.97. The van der Waals surface area contributed by atoms with Crippen LogP contribution in [0.1, 0.15) is 50.5 Å². The first-order valence-corrected chi connectivity index (χ1v) is 10.3. The van der Waals surface area contributed by atoms with Gasteiger partial charge in [0, 0.05) is 12.1 Å². The SMILES string of the molecule is CCc1ccc(-c2noc(CN3C(=O)C(=O)N(CCC4=CCCCC4)C3=O)n2)cc1. The molecule has 0 unspecified atom stereocenters. The van der Waals surface area contributed by atoms with Gasteiger partial charge in [-0.15, -0.1) is 0 Å². The summed E-state index contributed by atoms with van der Waals surface area (Å²) < 4.78 is 5.21. The Balaban J connectivity index is 1.42. The maximum Gasteiger partial charge on any atom is 0.334 e. The lowest BCUT2D eigenvalue weighted by Crippen LogP contribution is -2.34. The first-order chi connectivity index (χ1) is 14.6. The molecule has 1 saturated heterocycles. The smallest absolute Gasteiger partial charge is 0.334 e. The number of amides is 4. The van der Waals surface area contributed by atoms with E-state index in [9.17, 15) is 14.4 Å². The number of carbonyl (C=O) groups is 3. The molecule has 2 aliphatic rings. The Labute approximate surface area is 174 Å². The van der Waals surface area contributed by atoms with Crippen LogP contribution in [-0.2, 0) is 22.6 Å². The summed E-state index contributed by atoms with van der Waals surface area (Å²) in [5.74, 6) is -1.17. The summed E-state index contributed by atoms with van der Waals surface area (Å²) in [6, 6.07) is 7.12. The largest absolute Gasteiger partial charge is 0.337 e. The molecule has 1 fully saturated rings. The molecule has 156 valence electrons. The maximum absolute atomic E-state index is 12.7. The fourth-order valence-corrected chi connectivity index (χ4v) is 3.74. The van der Waals surface area contributed by atoms with E-state index < -0.39 is 17.8 Å². The first kappa shape index (κ1) is 20.0. The van der Waals surface area contributed by atoms with Gasteiger partial charge in [-0.05, 0) is 44.1 Å². The van der Waals surface area contributed by atoms with Crippen LogP contribution in [0, 0.1) is 0 Å². The molecule has 1 aromatic heterocycles. The lowest BCUT2D eigenvalue weighted by molar-refractivity contribution is -0.143. The molecule has 0 spiro atoms. The van der Waals surface area contributed by atoms with Gasteiger partial charge in [-0.2, -0.15) is 4.98 Å². The summed E-state index contributed by atoms with van der Waals surface area (Å²) in [4.78, 5) is 43.5. The lowest BCUT2D eigenvalue weighted by Gasteiger charge is -2.17. The number of hydrogen-bond donors (Lipinski definition) is 0. The van der Waals surface area contributed by atoms with E-state index >= 15 is 0 Å². The number of carbonyl (C=O) groups excluding carboxylic acids is 3. The number of benzene rings is 1. The van der Waals surface area contributed by atoms with Crippen LogP contribution in [0.15, 0.2) is 40.4 Å². The average molecular weight is 408 g/mol. The highest BCUT2D eigenvalue weighted by molar-refractivity contribution is 6.44. The average Bonchev–Trinajstić information content (AvgIpc) is 3.33. The monoisotopic (exact) mass is 408 g/mol. The van der Waals surface area contributed by atoms with Crippen molar-refractivity contribution in [3.8, 4) is 11.4 Å². The normalized spacial score (nSPS) is 17.1. The molecule has 1 aliphatic heterocycles. The van der Waals surface area contributed by atoms with E-state index in [1.54, 1.807) is 0 Å². The molecule has 0 bridgehead atoms. The van der Waals surface area contributed by atoms with Crippen molar-refractivity contribution in [1.29, 1.82) is 0 Å². The zero-order valence-electron chi connectivity index (χ0n) is 17.0. The number of nitrogens with zero attached hydrogens (tertiary/aromatic N) is 4. The molecule has 2 heterocycles. The summed E-state index contributed by atoms with van der Waals surface area (Å²) in [7, 11) is 0. The summed E-state index contributed by atoms with van der Waals surface area (Å²) >= 11 is 0. The highest BCUT2D eigenvalue weighted by atomic mass is 16.5. The zero-order chi connectivity index (χ0) is 21.1. The van der Waals surface area contributed by atoms with E-state index in [4.69, 9.17) is 4.52 Å². The van der Waals surface area contributed by atoms with Crippen molar-refractivity contribution in [1.82, 2.24) is 19.9 Å². The van der Waals surface area contributed by atoms with Crippen LogP contribution in [0.3, 0.4) is 0 Å². The predicted octanol–water partition coefficient (Wildman–Crippen LogP) is 3.48. The molecular weight excluding hydrogens is 384 g/mol. The van der Waals surface area contributed by atoms with Crippen LogP contribution < -0.4 is 0 Å². The number of hydrogen-bond acceptors (Lipinski definition) is 6. The Morgan fingerprint density at radius 3 is 2.50 bits per heavy atom. The minimum atomic E-state index is -0.857. The second-order valence-electron chi connectivity index (χ2n) is 7.55. The van der Waals surface area contributed by atoms with Gasteiger partial charge in [0.25, 0.3) is 0 Å². The minimum absolute atomic E-state index is 0.107. The van der Waals surface area contributed by atoms with Gasteiger partial charge in [0.1, 0.15) is 6.54 Å². The second-order valence-corrected chi connectivity index (χ2v) is 7.55. The van der Waals surface area contributed by atoms with Gasteiger partial charge in [0.15, 0.2) is 0 Å². The van der Waals surface area contributed by atoms with Crippen LogP contribution in [0.2, 0.25) is 0 Å². The topological polar surface area (TPSA) is 96.6 Å². The van der Waals surface area contributed by atoms with Gasteiger partial charge >= 0.3 is 17.8 Å². The fraction of sp³-hybridized carbons (Fsp3) is 0.409. The minimum Gasteiger partial charge on any atom is -0.337 e. The van der Waals surface area contributed by atoms with Crippen molar-refractivity contribution in [2.24, 2.45) is 0 Å². The van der Waals surface area contributed by atoms with Crippen molar-refractivity contribution >= 4 is 17.8 Å². The third-order valence-corrected chi connectivity index (χ3v) is 5.56. The molecule has 8 nitrogen and oxygen atoms in total. The molecule has 4 rings (SSSR count). The van der Waals surface area contributed by atoms with Crippen molar-refractivity contribution in [2.45, 2.75) is 52.0 Å². The summed E-state index contributed by atoms with van der Waals surface area (Å²) in [5.41, 5.74) is 3.21. The van der Waals surface area contributed by atoms with Gasteiger partial charge in [0.05, 0.1) is 0 Å². The van der Waals surface area contributed by atoms with Gasteiger partial charge in [-0.1, -0.05) is 48.0 Å². The maximum atomic E-state index is 12.7. The quantitative estimate of drug-likeness (QED) is 0.395. The molecule has 0 radical (unpaired) electrons. The Morgan fingerprint density at radius 1 is 1.03 bits per heavy atom. The predicted molar refractivity (Wildman–Crippen MR) is 108 cm³/mol. The van der Waals surface area contributed by atoms with Gasteiger partial charge < -0.3 is 4.52 Å². The van der Waals surface area contributed by atoms with Gasteiger partial charge in [-0.25, -0.2) is 9.69 Å². The molecule has 4 amide bonds. The fourth-order valence-electron chi connectivity index (χ4n) is 3.74. The summed E-state index contributed by atoms with van der Waals surface area (Å²) in [6.07, 6.45) is 8.02. The van der Waals surface area contributed by atoms with E-state index in [1.807, 2.05) is 24.3 Å². The first-order valence-electron chi connectivity index (χ1n) is 10.3. The summed E-state index contributed by atoms with van der Waals surface area (Å²) in [6.45, 7) is 2.06. The Bertz CT molecular complexity index is 993. The molecule has 1 aromatic carbocycles. The molecule has 0 N–H and O–H groups in total. The Kier molecular flexibility index (Phi) is 5.74. The molecular formula is C22H24N4O4. The van der Waals surface area contributed by atoms with Crippen LogP contribution in [0.25, 0.3) is 11.4 Å². The van der Waals surface area contributed by atoms with Crippen molar-refractivity contribution in [3.63, 3.8) is 0 Å². The van der Waals surface area contributed by atoms with Gasteiger partial charge in [0.2, 0.25) is 11.7 Å². The van der Waals surface area contributed by atoms with E-state index in [1.165, 1.54) is 17.6 Å². The number of aromatic nitrogens is 2. The van der Waals surface area contributed by atoms with E-state index in [0.717, 1.165) is 41.0 Å². The van der Waals surface area contributed by atoms with Crippen LogP contribution >= 0.6 is 0 Å². The van der Waals surface area contributed by atoms with Crippen molar-refractivity contribution in [2.75, 3.05) is 6.54 Å². The Hall–Kier alpha value is -3.29. The molecule has 0 saturated carbocycles. The van der Waals surface area contributed by atoms with Crippen LogP contribution in [0.5, 0.6) is 0 Å². The highest BCUT2D eigenvalue weighted by Crippen LogP contribution is 2.23. The Morgan fingerprint density at radius 2 is 1.80 bits per heavy atom. The van der Waals surface area contributed by atoms with Gasteiger partial charge in [-0.3, -0.25) is 14.5 Å². The molecule has 30 heavy (non-hydrogen) atoms. The highest BCUT2D eigenvalue weighted by Gasteiger charge is 2.44. The number of aryl methyl sites for hydroxylation is 1. The van der Waals surface area contributed by atoms with Crippen molar-refractivity contribution in [3.05, 3.63) is 47.4 Å². The van der Waals surface area contributed by atoms with E-state index in [0.29, 0.717) is 12.2 Å². The number of rotatable bonds is 7. The van der Waals surface area contributed by atoms with E-state index in [2.05, 4.69) is 23.1 Å². The van der Waals surface area contributed by atoms with Crippen LogP contribution in [0.4, 0.5) is 4.79 Å². The van der Waals surface area contributed by atoms with Crippen LogP contribution in [-0.4, -0.2) is 44.3 Å². The number of allylic oxidation sites excluding steroid dienone is 1. The standard InChI is InChI=1S/C22H24N4O4/c1-2-15-8-10-17(11-9-15)19-23-18(30-24-19)14-26-21(28)20(27)25(22(26)29)13-12-16-6-4-3-5-7-16/h6,8-11H,2-5,7,12-14H2,1H3.